The zero-order valence-corrected chi connectivity index (χ0v) is 13.7. The number of carbonyl (C=O) groups is 1. The van der Waals surface area contributed by atoms with Gasteiger partial charge in [-0.05, 0) is 53.5 Å². The van der Waals surface area contributed by atoms with Crippen LogP contribution in [0.1, 0.15) is 51.1 Å². The average molecular weight is 281 g/mol. The summed E-state index contributed by atoms with van der Waals surface area (Å²) in [7, 11) is 1.91. The first-order valence-corrected chi connectivity index (χ1v) is 6.98. The third-order valence-electron chi connectivity index (χ3n) is 4.24. The summed E-state index contributed by atoms with van der Waals surface area (Å²) in [6.07, 6.45) is 1.06. The standard InChI is InChI=1S/C15H27N3O2/c1-10-12(11(2)18(7)17-10)8-9-13(19)16-14(3,4)15(5,6)20/h20H,8-9H2,1-7H3,(H,16,19). The lowest BCUT2D eigenvalue weighted by Crippen LogP contribution is -2.57. The van der Waals surface area contributed by atoms with E-state index in [1.165, 1.54) is 0 Å². The Bertz CT molecular complexity index is 496. The molecule has 0 spiro atoms. The highest BCUT2D eigenvalue weighted by molar-refractivity contribution is 5.77. The lowest BCUT2D eigenvalue weighted by atomic mass is 9.86. The van der Waals surface area contributed by atoms with Crippen molar-refractivity contribution in [1.29, 1.82) is 0 Å². The first-order chi connectivity index (χ1) is 8.95. The predicted molar refractivity (Wildman–Crippen MR) is 79.5 cm³/mol. The van der Waals surface area contributed by atoms with Crippen LogP contribution in [0.2, 0.25) is 0 Å². The first-order valence-electron chi connectivity index (χ1n) is 6.98. The molecule has 2 N–H and O–H groups in total. The Kier molecular flexibility index (Phi) is 4.64. The molecule has 0 aromatic carbocycles. The van der Waals surface area contributed by atoms with E-state index in [1.807, 2.05) is 39.4 Å². The van der Waals surface area contributed by atoms with E-state index in [0.717, 1.165) is 17.0 Å². The quantitative estimate of drug-likeness (QED) is 0.862. The molecule has 20 heavy (non-hydrogen) atoms. The number of hydrogen-bond acceptors (Lipinski definition) is 3. The zero-order valence-electron chi connectivity index (χ0n) is 13.7. The molecule has 0 atom stereocenters. The smallest absolute Gasteiger partial charge is 0.220 e. The van der Waals surface area contributed by atoms with E-state index >= 15 is 0 Å². The molecule has 1 aromatic heterocycles. The Balaban J connectivity index is 2.65. The largest absolute Gasteiger partial charge is 0.388 e. The van der Waals surface area contributed by atoms with Crippen molar-refractivity contribution in [2.24, 2.45) is 7.05 Å². The van der Waals surface area contributed by atoms with E-state index in [-0.39, 0.29) is 5.91 Å². The van der Waals surface area contributed by atoms with E-state index < -0.39 is 11.1 Å². The van der Waals surface area contributed by atoms with Gasteiger partial charge in [0, 0.05) is 19.2 Å². The van der Waals surface area contributed by atoms with Crippen molar-refractivity contribution in [2.45, 2.75) is 65.5 Å². The van der Waals surface area contributed by atoms with Crippen LogP contribution < -0.4 is 5.32 Å². The van der Waals surface area contributed by atoms with Crippen molar-refractivity contribution in [1.82, 2.24) is 15.1 Å². The van der Waals surface area contributed by atoms with E-state index in [1.54, 1.807) is 13.8 Å². The highest BCUT2D eigenvalue weighted by Gasteiger charge is 2.36. The van der Waals surface area contributed by atoms with Gasteiger partial charge in [0.05, 0.1) is 16.8 Å². The average Bonchev–Trinajstić information content (AvgIpc) is 2.48. The molecule has 0 aliphatic carbocycles. The van der Waals surface area contributed by atoms with E-state index in [0.29, 0.717) is 12.8 Å². The lowest BCUT2D eigenvalue weighted by Gasteiger charge is -2.38. The highest BCUT2D eigenvalue weighted by atomic mass is 16.3. The third kappa shape index (κ3) is 3.60. The summed E-state index contributed by atoms with van der Waals surface area (Å²) in [4.78, 5) is 12.1. The summed E-state index contributed by atoms with van der Waals surface area (Å²) >= 11 is 0. The molecule has 1 rings (SSSR count). The Labute approximate surface area is 121 Å². The van der Waals surface area contributed by atoms with Crippen molar-refractivity contribution in [3.05, 3.63) is 17.0 Å². The maximum atomic E-state index is 12.1. The van der Waals surface area contributed by atoms with Crippen LogP contribution in [0.3, 0.4) is 0 Å². The summed E-state index contributed by atoms with van der Waals surface area (Å²) in [6, 6.07) is 0. The van der Waals surface area contributed by atoms with Gasteiger partial charge < -0.3 is 10.4 Å². The van der Waals surface area contributed by atoms with Crippen LogP contribution >= 0.6 is 0 Å². The van der Waals surface area contributed by atoms with Crippen LogP contribution in [-0.2, 0) is 18.3 Å². The first kappa shape index (κ1) is 16.7. The Morgan fingerprint density at radius 2 is 1.85 bits per heavy atom. The van der Waals surface area contributed by atoms with E-state index in [4.69, 9.17) is 0 Å². The van der Waals surface area contributed by atoms with Gasteiger partial charge in [-0.15, -0.1) is 0 Å². The van der Waals surface area contributed by atoms with Crippen molar-refractivity contribution in [2.75, 3.05) is 0 Å². The summed E-state index contributed by atoms with van der Waals surface area (Å²) in [5, 5.41) is 17.3. The maximum Gasteiger partial charge on any atom is 0.220 e. The van der Waals surface area contributed by atoms with Gasteiger partial charge in [0.25, 0.3) is 0 Å². The topological polar surface area (TPSA) is 67.2 Å². The summed E-state index contributed by atoms with van der Waals surface area (Å²) in [5.41, 5.74) is 1.56. The number of aliphatic hydroxyl groups is 1. The number of amides is 1. The zero-order chi connectivity index (χ0) is 15.7. The number of aryl methyl sites for hydroxylation is 2. The van der Waals surface area contributed by atoms with Crippen LogP contribution in [0.5, 0.6) is 0 Å². The molecule has 0 aliphatic rings. The number of aromatic nitrogens is 2. The monoisotopic (exact) mass is 281 g/mol. The van der Waals surface area contributed by atoms with Gasteiger partial charge in [0.2, 0.25) is 5.91 Å². The van der Waals surface area contributed by atoms with Gasteiger partial charge in [-0.1, -0.05) is 0 Å². The van der Waals surface area contributed by atoms with Crippen LogP contribution in [0.15, 0.2) is 0 Å². The van der Waals surface area contributed by atoms with Gasteiger partial charge in [-0.3, -0.25) is 9.48 Å². The summed E-state index contributed by atoms with van der Waals surface area (Å²) in [5.74, 6) is -0.0558. The molecule has 5 heteroatoms. The maximum absolute atomic E-state index is 12.1. The molecule has 0 radical (unpaired) electrons. The molecular weight excluding hydrogens is 254 g/mol. The number of carbonyl (C=O) groups excluding carboxylic acids is 1. The van der Waals surface area contributed by atoms with Crippen molar-refractivity contribution < 1.29 is 9.90 Å². The molecule has 0 aliphatic heterocycles. The van der Waals surface area contributed by atoms with Crippen LogP contribution in [0.25, 0.3) is 0 Å². The van der Waals surface area contributed by atoms with E-state index in [2.05, 4.69) is 10.4 Å². The second-order valence-electron chi connectivity index (χ2n) is 6.51. The number of nitrogens with zero attached hydrogens (tertiary/aromatic N) is 2. The SMILES string of the molecule is Cc1nn(C)c(C)c1CCC(=O)NC(C)(C)C(C)(C)O. The molecule has 0 unspecified atom stereocenters. The molecular formula is C15H27N3O2. The highest BCUT2D eigenvalue weighted by Crippen LogP contribution is 2.21. The minimum atomic E-state index is -0.969. The molecule has 1 heterocycles. The molecule has 0 saturated carbocycles. The fraction of sp³-hybridized carbons (Fsp3) is 0.733. The van der Waals surface area contributed by atoms with Crippen LogP contribution in [0, 0.1) is 13.8 Å². The van der Waals surface area contributed by atoms with Crippen molar-refractivity contribution in [3.63, 3.8) is 0 Å². The minimum absolute atomic E-state index is 0.0558. The van der Waals surface area contributed by atoms with Crippen molar-refractivity contribution in [3.8, 4) is 0 Å². The van der Waals surface area contributed by atoms with Gasteiger partial charge in [0.1, 0.15) is 0 Å². The van der Waals surface area contributed by atoms with Crippen LogP contribution in [0.4, 0.5) is 0 Å². The van der Waals surface area contributed by atoms with Crippen LogP contribution in [-0.4, -0.2) is 31.9 Å². The Morgan fingerprint density at radius 1 is 1.30 bits per heavy atom. The normalized spacial score (nSPS) is 12.6. The number of rotatable bonds is 5. The summed E-state index contributed by atoms with van der Waals surface area (Å²) < 4.78 is 1.84. The van der Waals surface area contributed by atoms with Gasteiger partial charge in [-0.2, -0.15) is 5.10 Å². The molecule has 0 fully saturated rings. The van der Waals surface area contributed by atoms with E-state index in [9.17, 15) is 9.90 Å². The third-order valence-corrected chi connectivity index (χ3v) is 4.24. The number of nitrogens with one attached hydrogen (secondary N) is 1. The second kappa shape index (κ2) is 5.56. The van der Waals surface area contributed by atoms with Gasteiger partial charge in [-0.25, -0.2) is 0 Å². The Hall–Kier alpha value is -1.36. The molecule has 1 aromatic rings. The lowest BCUT2D eigenvalue weighted by molar-refractivity contribution is -0.126. The summed E-state index contributed by atoms with van der Waals surface area (Å²) in [6.45, 7) is 11.0. The fourth-order valence-corrected chi connectivity index (χ4v) is 1.98. The second-order valence-corrected chi connectivity index (χ2v) is 6.51. The molecule has 0 saturated heterocycles. The van der Waals surface area contributed by atoms with Gasteiger partial charge in [0.15, 0.2) is 0 Å². The molecule has 0 bridgehead atoms. The molecule has 114 valence electrons. The molecule has 5 nitrogen and oxygen atoms in total. The molecule has 1 amide bonds. The van der Waals surface area contributed by atoms with Crippen molar-refractivity contribution >= 4 is 5.91 Å². The number of hydrogen-bond donors (Lipinski definition) is 2. The predicted octanol–water partition coefficient (Wildman–Crippen LogP) is 1.64. The Morgan fingerprint density at radius 3 is 2.25 bits per heavy atom. The van der Waals surface area contributed by atoms with Gasteiger partial charge >= 0.3 is 0 Å². The fourth-order valence-electron chi connectivity index (χ4n) is 1.98. The minimum Gasteiger partial charge on any atom is -0.388 e.